The lowest BCUT2D eigenvalue weighted by Crippen LogP contribution is -2.42. The Labute approximate surface area is 178 Å². The SMILES string of the molecule is NOC(=O)C1CC(O)CN1S(=O)(=O)c1ccc(-n2nc(N)c3nc4nnnn4nc32)cc1. The molecule has 4 aromatic rings. The number of nitrogen functional groups attached to an aromatic ring is 1. The molecular formula is C15H15N11O5S. The third kappa shape index (κ3) is 3.02. The number of fused-ring (bicyclic) bond motifs is 2. The maximum Gasteiger partial charge on any atom is 0.343 e. The van der Waals surface area contributed by atoms with Gasteiger partial charge >= 0.3 is 5.97 Å². The molecule has 5 rings (SSSR count). The van der Waals surface area contributed by atoms with E-state index in [1.807, 2.05) is 0 Å². The number of carbonyl (C=O) groups is 1. The smallest absolute Gasteiger partial charge is 0.343 e. The number of anilines is 1. The van der Waals surface area contributed by atoms with Crippen molar-refractivity contribution in [1.29, 1.82) is 0 Å². The van der Waals surface area contributed by atoms with Crippen molar-refractivity contribution in [2.45, 2.75) is 23.5 Å². The molecule has 2 atom stereocenters. The monoisotopic (exact) mass is 461 g/mol. The number of aliphatic hydroxyl groups excluding tert-OH is 1. The third-order valence-electron chi connectivity index (χ3n) is 5.01. The highest BCUT2D eigenvalue weighted by molar-refractivity contribution is 7.89. The average Bonchev–Trinajstić information content (AvgIpc) is 3.49. The van der Waals surface area contributed by atoms with E-state index in [1.54, 1.807) is 0 Å². The fourth-order valence-electron chi connectivity index (χ4n) is 3.53. The number of nitrogens with zero attached hydrogens (tertiary/aromatic N) is 9. The van der Waals surface area contributed by atoms with Gasteiger partial charge in [0.05, 0.1) is 16.7 Å². The minimum absolute atomic E-state index is 0.0869. The Morgan fingerprint density at radius 3 is 2.69 bits per heavy atom. The molecule has 0 radical (unpaired) electrons. The largest absolute Gasteiger partial charge is 0.392 e. The van der Waals surface area contributed by atoms with E-state index in [0.717, 1.165) is 8.94 Å². The number of benzene rings is 1. The van der Waals surface area contributed by atoms with Gasteiger partial charge in [-0.15, -0.1) is 10.2 Å². The van der Waals surface area contributed by atoms with Gasteiger partial charge in [-0.3, -0.25) is 0 Å². The van der Waals surface area contributed by atoms with Gasteiger partial charge in [-0.2, -0.15) is 10.2 Å². The minimum Gasteiger partial charge on any atom is -0.392 e. The quantitative estimate of drug-likeness (QED) is 0.265. The van der Waals surface area contributed by atoms with Crippen LogP contribution in [0.5, 0.6) is 0 Å². The summed E-state index contributed by atoms with van der Waals surface area (Å²) in [5.74, 6) is 4.18. The van der Waals surface area contributed by atoms with Gasteiger partial charge in [0, 0.05) is 13.0 Å². The van der Waals surface area contributed by atoms with Crippen LogP contribution in [0.1, 0.15) is 6.42 Å². The molecule has 0 aliphatic carbocycles. The Balaban J connectivity index is 1.52. The van der Waals surface area contributed by atoms with Crippen LogP contribution in [0.3, 0.4) is 0 Å². The first-order valence-electron chi connectivity index (χ1n) is 9.11. The van der Waals surface area contributed by atoms with Gasteiger partial charge in [-0.25, -0.2) is 22.9 Å². The number of β-amino-alcohol motifs (C(OH)–C–C–N with tert-alkyl or cyclic N) is 1. The normalized spacial score (nSPS) is 19.7. The van der Waals surface area contributed by atoms with Crippen molar-refractivity contribution >= 4 is 38.8 Å². The van der Waals surface area contributed by atoms with Crippen molar-refractivity contribution in [3.8, 4) is 5.69 Å². The highest BCUT2D eigenvalue weighted by Crippen LogP contribution is 2.28. The molecule has 2 unspecified atom stereocenters. The molecule has 3 aromatic heterocycles. The molecule has 17 heteroatoms. The number of sulfonamides is 1. The second-order valence-electron chi connectivity index (χ2n) is 6.96. The third-order valence-corrected chi connectivity index (χ3v) is 6.90. The second kappa shape index (κ2) is 7.12. The van der Waals surface area contributed by atoms with Gasteiger partial charge in [0.25, 0.3) is 5.78 Å². The molecule has 5 N–H and O–H groups in total. The van der Waals surface area contributed by atoms with Gasteiger partial charge in [-0.1, -0.05) is 9.73 Å². The number of hydrogen-bond acceptors (Lipinski definition) is 13. The van der Waals surface area contributed by atoms with E-state index in [1.165, 1.54) is 28.9 Å². The summed E-state index contributed by atoms with van der Waals surface area (Å²) in [6, 6.07) is 4.39. The van der Waals surface area contributed by atoms with E-state index in [9.17, 15) is 18.3 Å². The van der Waals surface area contributed by atoms with E-state index in [2.05, 4.69) is 35.5 Å². The van der Waals surface area contributed by atoms with Gasteiger partial charge in [-0.05, 0) is 34.7 Å². The van der Waals surface area contributed by atoms with Crippen LogP contribution < -0.4 is 11.6 Å². The van der Waals surface area contributed by atoms with Crippen LogP contribution in [0.15, 0.2) is 29.2 Å². The number of nitrogens with two attached hydrogens (primary N) is 2. The molecule has 4 heterocycles. The summed E-state index contributed by atoms with van der Waals surface area (Å²) in [6.07, 6.45) is -1.14. The predicted octanol–water partition coefficient (Wildman–Crippen LogP) is -2.62. The number of rotatable bonds is 4. The highest BCUT2D eigenvalue weighted by Gasteiger charge is 2.44. The Morgan fingerprint density at radius 2 is 1.97 bits per heavy atom. The molecule has 0 amide bonds. The van der Waals surface area contributed by atoms with Crippen molar-refractivity contribution in [2.75, 3.05) is 12.3 Å². The maximum atomic E-state index is 13.1. The second-order valence-corrected chi connectivity index (χ2v) is 8.85. The molecule has 1 aromatic carbocycles. The van der Waals surface area contributed by atoms with Crippen LogP contribution in [0.2, 0.25) is 0 Å². The Kier molecular flexibility index (Phi) is 4.48. The lowest BCUT2D eigenvalue weighted by molar-refractivity contribution is -0.148. The Morgan fingerprint density at radius 1 is 1.22 bits per heavy atom. The summed E-state index contributed by atoms with van der Waals surface area (Å²) in [5.41, 5.74) is 6.90. The van der Waals surface area contributed by atoms with Crippen LogP contribution in [0, 0.1) is 0 Å². The van der Waals surface area contributed by atoms with Gasteiger partial charge in [0.2, 0.25) is 15.7 Å². The summed E-state index contributed by atoms with van der Waals surface area (Å²) >= 11 is 0. The standard InChI is InChI=1S/C15H15N11O5S/c16-12-11-13(21-26-15(18-11)19-22-23-26)25(20-12)7-1-3-9(4-2-7)32(29,30)24-6-8(27)5-10(24)14(28)31-17/h1-4,8,10,27H,5-6,17H2,(H2,16,20). The van der Waals surface area contributed by atoms with Crippen molar-refractivity contribution < 1.29 is 23.2 Å². The molecule has 0 bridgehead atoms. The number of tetrazole rings is 1. The van der Waals surface area contributed by atoms with E-state index < -0.39 is 28.1 Å². The Bertz CT molecular complexity index is 1450. The zero-order valence-corrected chi connectivity index (χ0v) is 16.9. The maximum absolute atomic E-state index is 13.1. The summed E-state index contributed by atoms with van der Waals surface area (Å²) in [7, 11) is -4.13. The van der Waals surface area contributed by atoms with Gasteiger partial charge in [0.1, 0.15) is 6.04 Å². The molecule has 32 heavy (non-hydrogen) atoms. The van der Waals surface area contributed by atoms with Crippen LogP contribution >= 0.6 is 0 Å². The van der Waals surface area contributed by atoms with E-state index in [0.29, 0.717) is 5.69 Å². The van der Waals surface area contributed by atoms with Crippen LogP contribution in [-0.4, -0.2) is 82.5 Å². The fourth-order valence-corrected chi connectivity index (χ4v) is 5.16. The zero-order chi connectivity index (χ0) is 22.6. The Hall–Kier alpha value is -3.80. The van der Waals surface area contributed by atoms with Crippen molar-refractivity contribution in [3.63, 3.8) is 0 Å². The molecule has 0 spiro atoms. The van der Waals surface area contributed by atoms with E-state index in [4.69, 9.17) is 11.6 Å². The summed E-state index contributed by atoms with van der Waals surface area (Å²) < 4.78 is 29.5. The molecular weight excluding hydrogens is 446 g/mol. The summed E-state index contributed by atoms with van der Waals surface area (Å²) in [5, 5.41) is 29.2. The zero-order valence-electron chi connectivity index (χ0n) is 16.0. The minimum atomic E-state index is -4.13. The molecule has 166 valence electrons. The number of hydrogen-bond donors (Lipinski definition) is 3. The topological polar surface area (TPSA) is 223 Å². The highest BCUT2D eigenvalue weighted by atomic mass is 32.2. The lowest BCUT2D eigenvalue weighted by Gasteiger charge is -2.21. The van der Waals surface area contributed by atoms with E-state index >= 15 is 0 Å². The van der Waals surface area contributed by atoms with E-state index in [-0.39, 0.29) is 40.6 Å². The number of aromatic nitrogens is 8. The first-order valence-corrected chi connectivity index (χ1v) is 10.5. The van der Waals surface area contributed by atoms with Crippen molar-refractivity contribution in [2.24, 2.45) is 5.90 Å². The van der Waals surface area contributed by atoms with Gasteiger partial charge < -0.3 is 15.7 Å². The van der Waals surface area contributed by atoms with Crippen LogP contribution in [-0.2, 0) is 19.7 Å². The summed E-state index contributed by atoms with van der Waals surface area (Å²) in [6.45, 7) is -0.262. The molecule has 16 nitrogen and oxygen atoms in total. The average molecular weight is 461 g/mol. The lowest BCUT2D eigenvalue weighted by atomic mass is 10.2. The molecule has 1 saturated heterocycles. The molecule has 1 aliphatic heterocycles. The van der Waals surface area contributed by atoms with Crippen molar-refractivity contribution in [3.05, 3.63) is 24.3 Å². The fraction of sp³-hybridized carbons (Fsp3) is 0.267. The molecule has 1 aliphatic rings. The van der Waals surface area contributed by atoms with Crippen molar-refractivity contribution in [1.82, 2.24) is 44.3 Å². The predicted molar refractivity (Wildman–Crippen MR) is 104 cm³/mol. The first kappa shape index (κ1) is 20.1. The first-order chi connectivity index (χ1) is 15.3. The van der Waals surface area contributed by atoms with Crippen LogP contribution in [0.4, 0.5) is 5.82 Å². The number of carbonyl (C=O) groups excluding carboxylic acids is 1. The number of aliphatic hydroxyl groups is 1. The van der Waals surface area contributed by atoms with Crippen LogP contribution in [0.25, 0.3) is 22.6 Å². The van der Waals surface area contributed by atoms with Gasteiger partial charge in [0.15, 0.2) is 11.3 Å². The molecule has 1 fully saturated rings. The summed E-state index contributed by atoms with van der Waals surface area (Å²) in [4.78, 5) is 20.2. The molecule has 0 saturated carbocycles.